The molecule has 2 heteroatoms. The van der Waals surface area contributed by atoms with E-state index < -0.39 is 0 Å². The minimum atomic E-state index is 0.816. The van der Waals surface area contributed by atoms with E-state index in [2.05, 4.69) is 54.4 Å². The van der Waals surface area contributed by atoms with E-state index in [-0.39, 0.29) is 0 Å². The quantitative estimate of drug-likeness (QED) is 0.311. The maximum atomic E-state index is 3.72. The van der Waals surface area contributed by atoms with Gasteiger partial charge in [-0.05, 0) is 95.1 Å². The standard InChI is InChI=1S/C27H48N2/c1-25(2)16-17-27(24-26-14-8-6-9-15-26)18-20-28-19-10-4-3-5-11-21-29-22-12-7-13-23-29/h6,8-9,14-15,25,27-28H,3-5,7,10-13,16-24H2,1-2H3. The van der Waals surface area contributed by atoms with Crippen LogP contribution in [0.2, 0.25) is 0 Å². The number of nitrogens with zero attached hydrogens (tertiary/aromatic N) is 1. The lowest BCUT2D eigenvalue weighted by molar-refractivity contribution is 0.224. The fraction of sp³-hybridized carbons (Fsp3) is 0.778. The molecule has 0 radical (unpaired) electrons. The number of benzene rings is 1. The maximum absolute atomic E-state index is 3.72. The number of unbranched alkanes of at least 4 members (excludes halogenated alkanes) is 4. The van der Waals surface area contributed by atoms with Crippen LogP contribution in [0.3, 0.4) is 0 Å². The molecule has 2 nitrogen and oxygen atoms in total. The van der Waals surface area contributed by atoms with Gasteiger partial charge >= 0.3 is 0 Å². The summed E-state index contributed by atoms with van der Waals surface area (Å²) in [4.78, 5) is 2.68. The van der Waals surface area contributed by atoms with Gasteiger partial charge in [0.25, 0.3) is 0 Å². The highest BCUT2D eigenvalue weighted by atomic mass is 15.1. The predicted molar refractivity (Wildman–Crippen MR) is 129 cm³/mol. The third-order valence-corrected chi connectivity index (χ3v) is 6.53. The van der Waals surface area contributed by atoms with E-state index in [9.17, 15) is 0 Å². The van der Waals surface area contributed by atoms with E-state index >= 15 is 0 Å². The van der Waals surface area contributed by atoms with Gasteiger partial charge in [0.2, 0.25) is 0 Å². The summed E-state index contributed by atoms with van der Waals surface area (Å²) in [6.45, 7) is 11.1. The molecule has 1 heterocycles. The zero-order valence-corrected chi connectivity index (χ0v) is 19.5. The monoisotopic (exact) mass is 400 g/mol. The molecule has 1 saturated heterocycles. The molecule has 1 atom stereocenters. The number of piperidine rings is 1. The summed E-state index contributed by atoms with van der Waals surface area (Å²) in [6.07, 6.45) is 16.6. The Morgan fingerprint density at radius 1 is 0.793 bits per heavy atom. The van der Waals surface area contributed by atoms with E-state index in [1.54, 1.807) is 0 Å². The first-order valence-corrected chi connectivity index (χ1v) is 12.7. The summed E-state index contributed by atoms with van der Waals surface area (Å²) in [5.74, 6) is 1.64. The van der Waals surface area contributed by atoms with E-state index in [0.29, 0.717) is 0 Å². The van der Waals surface area contributed by atoms with Crippen molar-refractivity contribution in [3.63, 3.8) is 0 Å². The molecule has 2 rings (SSSR count). The lowest BCUT2D eigenvalue weighted by atomic mass is 9.89. The number of hydrogen-bond donors (Lipinski definition) is 1. The molecular weight excluding hydrogens is 352 g/mol. The molecule has 0 aliphatic carbocycles. The summed E-state index contributed by atoms with van der Waals surface area (Å²) in [5.41, 5.74) is 1.51. The fourth-order valence-electron chi connectivity index (χ4n) is 4.59. The number of likely N-dealkylation sites (tertiary alicyclic amines) is 1. The summed E-state index contributed by atoms with van der Waals surface area (Å²) < 4.78 is 0. The van der Waals surface area contributed by atoms with Gasteiger partial charge in [-0.3, -0.25) is 0 Å². The van der Waals surface area contributed by atoms with Crippen molar-refractivity contribution >= 4 is 0 Å². The molecule has 166 valence electrons. The second-order valence-electron chi connectivity index (χ2n) is 9.74. The normalized spacial score (nSPS) is 16.4. The van der Waals surface area contributed by atoms with Gasteiger partial charge in [-0.1, -0.05) is 76.3 Å². The Bertz CT molecular complexity index is 479. The van der Waals surface area contributed by atoms with Crippen molar-refractivity contribution in [1.29, 1.82) is 0 Å². The molecule has 0 amide bonds. The molecule has 1 unspecified atom stereocenters. The molecule has 1 N–H and O–H groups in total. The van der Waals surface area contributed by atoms with Gasteiger partial charge in [-0.25, -0.2) is 0 Å². The van der Waals surface area contributed by atoms with Gasteiger partial charge in [0.1, 0.15) is 0 Å². The zero-order chi connectivity index (χ0) is 20.6. The molecule has 1 aliphatic heterocycles. The van der Waals surface area contributed by atoms with Crippen molar-refractivity contribution in [1.82, 2.24) is 10.2 Å². The first-order chi connectivity index (χ1) is 14.2. The Morgan fingerprint density at radius 2 is 1.52 bits per heavy atom. The average molecular weight is 401 g/mol. The van der Waals surface area contributed by atoms with Crippen molar-refractivity contribution in [2.24, 2.45) is 11.8 Å². The largest absolute Gasteiger partial charge is 0.317 e. The number of nitrogens with one attached hydrogen (secondary N) is 1. The first-order valence-electron chi connectivity index (χ1n) is 12.7. The Hall–Kier alpha value is -0.860. The lowest BCUT2D eigenvalue weighted by Gasteiger charge is -2.26. The Kier molecular flexibility index (Phi) is 13.4. The predicted octanol–water partition coefficient (Wildman–Crippen LogP) is 6.70. The Balaban J connectivity index is 1.46. The zero-order valence-electron chi connectivity index (χ0n) is 19.5. The SMILES string of the molecule is CC(C)CCC(CCNCCCCCCCN1CCCCC1)Cc1ccccc1. The fourth-order valence-corrected chi connectivity index (χ4v) is 4.59. The van der Waals surface area contributed by atoms with Crippen molar-refractivity contribution in [2.75, 3.05) is 32.7 Å². The molecule has 0 bridgehead atoms. The van der Waals surface area contributed by atoms with Gasteiger partial charge < -0.3 is 10.2 Å². The maximum Gasteiger partial charge on any atom is -0.00187 e. The van der Waals surface area contributed by atoms with Gasteiger partial charge in [0, 0.05) is 0 Å². The van der Waals surface area contributed by atoms with Gasteiger partial charge in [0.15, 0.2) is 0 Å². The minimum absolute atomic E-state index is 0.816. The molecule has 1 aliphatic rings. The van der Waals surface area contributed by atoms with Crippen molar-refractivity contribution in [2.45, 2.75) is 90.9 Å². The molecule has 0 aromatic heterocycles. The van der Waals surface area contributed by atoms with E-state index in [1.165, 1.54) is 115 Å². The summed E-state index contributed by atoms with van der Waals surface area (Å²) >= 11 is 0. The molecule has 1 fully saturated rings. The smallest absolute Gasteiger partial charge is 0.00187 e. The van der Waals surface area contributed by atoms with E-state index in [1.807, 2.05) is 0 Å². The molecule has 0 saturated carbocycles. The van der Waals surface area contributed by atoms with E-state index in [0.717, 1.165) is 11.8 Å². The average Bonchev–Trinajstić information content (AvgIpc) is 2.74. The topological polar surface area (TPSA) is 15.3 Å². The Labute approximate surface area is 181 Å². The minimum Gasteiger partial charge on any atom is -0.317 e. The summed E-state index contributed by atoms with van der Waals surface area (Å²) in [6, 6.07) is 11.1. The van der Waals surface area contributed by atoms with Crippen LogP contribution in [-0.2, 0) is 6.42 Å². The highest BCUT2D eigenvalue weighted by molar-refractivity contribution is 5.15. The van der Waals surface area contributed by atoms with Crippen LogP contribution in [0.25, 0.3) is 0 Å². The van der Waals surface area contributed by atoms with Gasteiger partial charge in [-0.2, -0.15) is 0 Å². The van der Waals surface area contributed by atoms with Crippen molar-refractivity contribution in [3.05, 3.63) is 35.9 Å². The number of hydrogen-bond acceptors (Lipinski definition) is 2. The van der Waals surface area contributed by atoms with Crippen molar-refractivity contribution in [3.8, 4) is 0 Å². The van der Waals surface area contributed by atoms with Crippen LogP contribution in [0.5, 0.6) is 0 Å². The van der Waals surface area contributed by atoms with Crippen LogP contribution in [0.4, 0.5) is 0 Å². The van der Waals surface area contributed by atoms with Crippen LogP contribution >= 0.6 is 0 Å². The van der Waals surface area contributed by atoms with Crippen LogP contribution in [-0.4, -0.2) is 37.6 Å². The van der Waals surface area contributed by atoms with Crippen LogP contribution in [0.15, 0.2) is 30.3 Å². The first kappa shape index (κ1) is 24.4. The second-order valence-corrected chi connectivity index (χ2v) is 9.74. The molecule has 1 aromatic carbocycles. The van der Waals surface area contributed by atoms with Crippen LogP contribution < -0.4 is 5.32 Å². The second kappa shape index (κ2) is 15.9. The highest BCUT2D eigenvalue weighted by Gasteiger charge is 2.11. The van der Waals surface area contributed by atoms with Gasteiger partial charge in [0.05, 0.1) is 0 Å². The molecule has 0 spiro atoms. The molecule has 1 aromatic rings. The third kappa shape index (κ3) is 12.4. The highest BCUT2D eigenvalue weighted by Crippen LogP contribution is 2.20. The van der Waals surface area contributed by atoms with Crippen molar-refractivity contribution < 1.29 is 0 Å². The van der Waals surface area contributed by atoms with Crippen LogP contribution in [0, 0.1) is 11.8 Å². The van der Waals surface area contributed by atoms with Crippen LogP contribution in [0.1, 0.15) is 90.0 Å². The summed E-state index contributed by atoms with van der Waals surface area (Å²) in [5, 5.41) is 3.72. The number of rotatable bonds is 16. The summed E-state index contributed by atoms with van der Waals surface area (Å²) in [7, 11) is 0. The molecular formula is C27H48N2. The third-order valence-electron chi connectivity index (χ3n) is 6.53. The Morgan fingerprint density at radius 3 is 2.28 bits per heavy atom. The van der Waals surface area contributed by atoms with Gasteiger partial charge in [-0.15, -0.1) is 0 Å². The molecule has 29 heavy (non-hydrogen) atoms. The van der Waals surface area contributed by atoms with E-state index in [4.69, 9.17) is 0 Å². The lowest BCUT2D eigenvalue weighted by Crippen LogP contribution is -2.30.